The van der Waals surface area contributed by atoms with Crippen molar-refractivity contribution in [1.82, 2.24) is 25.0 Å². The van der Waals surface area contributed by atoms with Gasteiger partial charge in [-0.05, 0) is 32.0 Å². The number of nitrogens with one attached hydrogen (secondary N) is 1. The number of likely N-dealkylation sites (tertiary alicyclic amines) is 1. The molecule has 1 N–H and O–H groups in total. The maximum absolute atomic E-state index is 13.0. The first-order chi connectivity index (χ1) is 12.6. The standard InChI is InChI=1S/C19H23N5O2/c1-23-10-7-15-14(12-23)17(22-21-15)19(26)24-9-4-5-13(11-24)18(25)16-6-2-3-8-20-16/h2-3,6,8,13H,4-5,7,9-12H2,1H3,(H,21,22). The highest BCUT2D eigenvalue weighted by atomic mass is 16.2. The van der Waals surface area contributed by atoms with Gasteiger partial charge in [-0.25, -0.2) is 0 Å². The van der Waals surface area contributed by atoms with Crippen LogP contribution in [0.3, 0.4) is 0 Å². The fourth-order valence-electron chi connectivity index (χ4n) is 3.85. The van der Waals surface area contributed by atoms with Crippen molar-refractivity contribution >= 4 is 11.7 Å². The van der Waals surface area contributed by atoms with Crippen LogP contribution in [0.5, 0.6) is 0 Å². The number of H-pyrrole nitrogens is 1. The van der Waals surface area contributed by atoms with Crippen LogP contribution in [-0.4, -0.2) is 63.4 Å². The third-order valence-corrected chi connectivity index (χ3v) is 5.32. The number of fused-ring (bicyclic) bond motifs is 1. The third kappa shape index (κ3) is 3.14. The van der Waals surface area contributed by atoms with Gasteiger partial charge in [-0.2, -0.15) is 5.10 Å². The Kier molecular flexibility index (Phi) is 4.55. The van der Waals surface area contributed by atoms with Gasteiger partial charge in [-0.15, -0.1) is 0 Å². The number of likely N-dealkylation sites (N-methyl/N-ethyl adjacent to an activating group) is 1. The monoisotopic (exact) mass is 353 g/mol. The molecule has 1 unspecified atom stereocenters. The molecule has 0 saturated carbocycles. The summed E-state index contributed by atoms with van der Waals surface area (Å²) in [6.07, 6.45) is 4.13. The minimum absolute atomic E-state index is 0.0203. The number of piperidine rings is 1. The second-order valence-corrected chi connectivity index (χ2v) is 7.19. The summed E-state index contributed by atoms with van der Waals surface area (Å²) in [6.45, 7) is 2.80. The van der Waals surface area contributed by atoms with Crippen LogP contribution >= 0.6 is 0 Å². The Labute approximate surface area is 152 Å². The maximum atomic E-state index is 13.0. The number of ketones is 1. The molecule has 2 aromatic rings. The number of hydrogen-bond donors (Lipinski definition) is 1. The second kappa shape index (κ2) is 6.99. The second-order valence-electron chi connectivity index (χ2n) is 7.19. The molecule has 26 heavy (non-hydrogen) atoms. The molecule has 1 saturated heterocycles. The fraction of sp³-hybridized carbons (Fsp3) is 0.474. The lowest BCUT2D eigenvalue weighted by Gasteiger charge is -2.32. The minimum atomic E-state index is -0.194. The molecule has 0 aromatic carbocycles. The molecule has 0 aliphatic carbocycles. The highest BCUT2D eigenvalue weighted by Crippen LogP contribution is 2.25. The van der Waals surface area contributed by atoms with Gasteiger partial charge in [0.2, 0.25) is 0 Å². The van der Waals surface area contributed by atoms with Crippen LogP contribution in [0.2, 0.25) is 0 Å². The molecule has 2 aliphatic heterocycles. The molecule has 7 heteroatoms. The quantitative estimate of drug-likeness (QED) is 0.846. The van der Waals surface area contributed by atoms with E-state index in [4.69, 9.17) is 0 Å². The van der Waals surface area contributed by atoms with E-state index in [9.17, 15) is 9.59 Å². The first-order valence-corrected chi connectivity index (χ1v) is 9.12. The van der Waals surface area contributed by atoms with E-state index in [-0.39, 0.29) is 17.6 Å². The predicted molar refractivity (Wildman–Crippen MR) is 95.8 cm³/mol. The van der Waals surface area contributed by atoms with Gasteiger partial charge in [0, 0.05) is 56.0 Å². The van der Waals surface area contributed by atoms with Crippen molar-refractivity contribution in [2.24, 2.45) is 5.92 Å². The number of aromatic amines is 1. The zero-order valence-corrected chi connectivity index (χ0v) is 14.9. The van der Waals surface area contributed by atoms with Crippen molar-refractivity contribution in [3.63, 3.8) is 0 Å². The SMILES string of the molecule is CN1CCc2[nH]nc(C(=O)N3CCCC(C(=O)c4ccccn4)C3)c2C1. The summed E-state index contributed by atoms with van der Waals surface area (Å²) in [5, 5.41) is 7.32. The summed E-state index contributed by atoms with van der Waals surface area (Å²) >= 11 is 0. The molecule has 4 rings (SSSR count). The number of hydrogen-bond acceptors (Lipinski definition) is 5. The Morgan fingerprint density at radius 2 is 2.15 bits per heavy atom. The lowest BCUT2D eigenvalue weighted by molar-refractivity contribution is 0.0629. The molecule has 2 aromatic heterocycles. The van der Waals surface area contributed by atoms with E-state index in [1.54, 1.807) is 23.2 Å². The molecule has 4 heterocycles. The summed E-state index contributed by atoms with van der Waals surface area (Å²) < 4.78 is 0. The van der Waals surface area contributed by atoms with Crippen molar-refractivity contribution in [1.29, 1.82) is 0 Å². The Morgan fingerprint density at radius 3 is 2.96 bits per heavy atom. The maximum Gasteiger partial charge on any atom is 0.274 e. The van der Waals surface area contributed by atoms with Crippen molar-refractivity contribution in [2.45, 2.75) is 25.8 Å². The normalized spacial score (nSPS) is 20.7. The molecule has 1 fully saturated rings. The average Bonchev–Trinajstić information content (AvgIpc) is 3.10. The van der Waals surface area contributed by atoms with Gasteiger partial charge in [0.25, 0.3) is 5.91 Å². The van der Waals surface area contributed by atoms with Crippen LogP contribution in [0.4, 0.5) is 0 Å². The topological polar surface area (TPSA) is 82.2 Å². The third-order valence-electron chi connectivity index (χ3n) is 5.32. The predicted octanol–water partition coefficient (Wildman–Crippen LogP) is 1.53. The first-order valence-electron chi connectivity index (χ1n) is 9.12. The summed E-state index contributed by atoms with van der Waals surface area (Å²) in [4.78, 5) is 33.9. The van der Waals surface area contributed by atoms with E-state index < -0.39 is 0 Å². The van der Waals surface area contributed by atoms with Crippen LogP contribution in [0.15, 0.2) is 24.4 Å². The fourth-order valence-corrected chi connectivity index (χ4v) is 3.85. The van der Waals surface area contributed by atoms with E-state index in [0.29, 0.717) is 24.5 Å². The van der Waals surface area contributed by atoms with Crippen molar-refractivity contribution in [2.75, 3.05) is 26.7 Å². The summed E-state index contributed by atoms with van der Waals surface area (Å²) in [5.41, 5.74) is 3.05. The van der Waals surface area contributed by atoms with Gasteiger partial charge in [-0.3, -0.25) is 19.7 Å². The lowest BCUT2D eigenvalue weighted by atomic mass is 9.91. The molecule has 0 bridgehead atoms. The molecule has 2 aliphatic rings. The molecule has 1 atom stereocenters. The van der Waals surface area contributed by atoms with Crippen molar-refractivity contribution in [3.05, 3.63) is 47.0 Å². The van der Waals surface area contributed by atoms with Gasteiger partial charge in [0.1, 0.15) is 5.69 Å². The van der Waals surface area contributed by atoms with Crippen LogP contribution in [0.1, 0.15) is 45.1 Å². The molecule has 0 radical (unpaired) electrons. The Balaban J connectivity index is 1.51. The number of carbonyl (C=O) groups is 2. The number of aromatic nitrogens is 3. The largest absolute Gasteiger partial charge is 0.337 e. The van der Waals surface area contributed by atoms with Gasteiger partial charge >= 0.3 is 0 Å². The summed E-state index contributed by atoms with van der Waals surface area (Å²) in [6, 6.07) is 5.35. The average molecular weight is 353 g/mol. The highest BCUT2D eigenvalue weighted by Gasteiger charge is 2.33. The molecule has 1 amide bonds. The van der Waals surface area contributed by atoms with Crippen LogP contribution < -0.4 is 0 Å². The van der Waals surface area contributed by atoms with E-state index >= 15 is 0 Å². The Bertz CT molecular complexity index is 817. The highest BCUT2D eigenvalue weighted by molar-refractivity contribution is 5.98. The number of rotatable bonds is 3. The van der Waals surface area contributed by atoms with E-state index in [1.807, 2.05) is 13.1 Å². The summed E-state index contributed by atoms with van der Waals surface area (Å²) in [5.74, 6) is -0.247. The van der Waals surface area contributed by atoms with Crippen LogP contribution in [0.25, 0.3) is 0 Å². The number of pyridine rings is 1. The van der Waals surface area contributed by atoms with Crippen molar-refractivity contribution in [3.8, 4) is 0 Å². The number of carbonyl (C=O) groups excluding carboxylic acids is 2. The number of Topliss-reactive ketones (excluding diaryl/α,β-unsaturated/α-hetero) is 1. The number of nitrogens with zero attached hydrogens (tertiary/aromatic N) is 4. The molecular weight excluding hydrogens is 330 g/mol. The Hall–Kier alpha value is -2.54. The first kappa shape index (κ1) is 16.9. The van der Waals surface area contributed by atoms with Crippen LogP contribution in [-0.2, 0) is 13.0 Å². The van der Waals surface area contributed by atoms with E-state index in [1.165, 1.54) is 0 Å². The smallest absolute Gasteiger partial charge is 0.274 e. The van der Waals surface area contributed by atoms with Gasteiger partial charge in [-0.1, -0.05) is 6.07 Å². The molecular formula is C19H23N5O2. The minimum Gasteiger partial charge on any atom is -0.337 e. The molecule has 136 valence electrons. The Morgan fingerprint density at radius 1 is 1.27 bits per heavy atom. The van der Waals surface area contributed by atoms with Gasteiger partial charge in [0.05, 0.1) is 0 Å². The lowest BCUT2D eigenvalue weighted by Crippen LogP contribution is -2.43. The van der Waals surface area contributed by atoms with Gasteiger partial charge in [0.15, 0.2) is 11.5 Å². The zero-order chi connectivity index (χ0) is 18.1. The summed E-state index contributed by atoms with van der Waals surface area (Å²) in [7, 11) is 2.05. The van der Waals surface area contributed by atoms with Crippen molar-refractivity contribution < 1.29 is 9.59 Å². The molecule has 0 spiro atoms. The zero-order valence-electron chi connectivity index (χ0n) is 14.9. The van der Waals surface area contributed by atoms with Gasteiger partial charge < -0.3 is 9.80 Å². The molecule has 7 nitrogen and oxygen atoms in total. The van der Waals surface area contributed by atoms with E-state index in [2.05, 4.69) is 20.1 Å². The number of amides is 1. The van der Waals surface area contributed by atoms with Crippen LogP contribution in [0, 0.1) is 5.92 Å². The van der Waals surface area contributed by atoms with E-state index in [0.717, 1.165) is 43.6 Å².